The van der Waals surface area contributed by atoms with Crippen LogP contribution < -0.4 is 4.87 Å². The van der Waals surface area contributed by atoms with E-state index in [1.165, 1.54) is 20.8 Å². The van der Waals surface area contributed by atoms with Gasteiger partial charge in [0.15, 0.2) is 4.21 Å². The minimum Gasteiger partial charge on any atom is -0.336 e. The summed E-state index contributed by atoms with van der Waals surface area (Å²) in [5.41, 5.74) is 3.60. The van der Waals surface area contributed by atoms with Crippen molar-refractivity contribution in [3.8, 4) is 0 Å². The van der Waals surface area contributed by atoms with Crippen molar-refractivity contribution >= 4 is 38.0 Å². The summed E-state index contributed by atoms with van der Waals surface area (Å²) >= 11 is 0.708. The van der Waals surface area contributed by atoms with Gasteiger partial charge in [0.1, 0.15) is 0 Å². The molecule has 2 aromatic carbocycles. The van der Waals surface area contributed by atoms with Crippen molar-refractivity contribution in [2.24, 2.45) is 0 Å². The fourth-order valence-electron chi connectivity index (χ4n) is 4.49. The van der Waals surface area contributed by atoms with Gasteiger partial charge in [0, 0.05) is 37.4 Å². The molecule has 156 valence electrons. The van der Waals surface area contributed by atoms with Gasteiger partial charge in [0.2, 0.25) is 0 Å². The highest BCUT2D eigenvalue weighted by Crippen LogP contribution is 2.33. The Balaban J connectivity index is 1.38. The fourth-order valence-corrected chi connectivity index (χ4v) is 7.35. The summed E-state index contributed by atoms with van der Waals surface area (Å²) in [5.74, 6) is -0.0647. The smallest absolute Gasteiger partial charge is 0.305 e. The molecule has 1 aromatic heterocycles. The van der Waals surface area contributed by atoms with Gasteiger partial charge in [0.05, 0.1) is 0 Å². The number of hydrogen-bond acceptors (Lipinski definition) is 5. The maximum Gasteiger partial charge on any atom is 0.305 e. The van der Waals surface area contributed by atoms with E-state index in [4.69, 9.17) is 0 Å². The van der Waals surface area contributed by atoms with Crippen LogP contribution in [0.5, 0.6) is 0 Å². The van der Waals surface area contributed by atoms with Crippen LogP contribution in [0.3, 0.4) is 0 Å². The van der Waals surface area contributed by atoms with E-state index in [0.29, 0.717) is 35.7 Å². The average molecular weight is 444 g/mol. The summed E-state index contributed by atoms with van der Waals surface area (Å²) in [7, 11) is -3.74. The molecule has 3 aromatic rings. The van der Waals surface area contributed by atoms with Gasteiger partial charge in [-0.05, 0) is 47.7 Å². The SMILES string of the molecule is Cc1[nH]c(=O)sc1S(=O)(=O)N1CCN(C(=O)c2ccc3c4c(cccc24)CC3)CC1. The van der Waals surface area contributed by atoms with Crippen molar-refractivity contribution in [1.29, 1.82) is 0 Å². The first-order valence-electron chi connectivity index (χ1n) is 9.89. The summed E-state index contributed by atoms with van der Waals surface area (Å²) in [4.78, 5) is 28.6. The van der Waals surface area contributed by atoms with Crippen molar-refractivity contribution < 1.29 is 13.2 Å². The van der Waals surface area contributed by atoms with Crippen LogP contribution in [0.4, 0.5) is 0 Å². The molecule has 0 atom stereocenters. The van der Waals surface area contributed by atoms with Gasteiger partial charge in [-0.1, -0.05) is 35.6 Å². The number of aromatic nitrogens is 1. The lowest BCUT2D eigenvalue weighted by Gasteiger charge is -2.34. The van der Waals surface area contributed by atoms with Crippen LogP contribution in [0.1, 0.15) is 27.2 Å². The number of thiazole rings is 1. The van der Waals surface area contributed by atoms with E-state index < -0.39 is 10.0 Å². The summed E-state index contributed by atoms with van der Waals surface area (Å²) in [6, 6.07) is 10.1. The number of piperazine rings is 1. The maximum atomic E-state index is 13.3. The molecule has 1 saturated heterocycles. The van der Waals surface area contributed by atoms with Gasteiger partial charge < -0.3 is 9.88 Å². The number of H-pyrrole nitrogens is 1. The Kier molecular flexibility index (Phi) is 4.57. The van der Waals surface area contributed by atoms with E-state index >= 15 is 0 Å². The summed E-state index contributed by atoms with van der Waals surface area (Å²) < 4.78 is 27.2. The molecule has 9 heteroatoms. The molecular formula is C21H21N3O4S2. The zero-order valence-electron chi connectivity index (χ0n) is 16.5. The number of amides is 1. The summed E-state index contributed by atoms with van der Waals surface area (Å²) in [5, 5.41) is 2.18. The molecule has 1 N–H and O–H groups in total. The van der Waals surface area contributed by atoms with E-state index in [1.54, 1.807) is 11.8 Å². The third-order valence-corrected chi connectivity index (χ3v) is 9.47. The Morgan fingerprint density at radius 2 is 1.73 bits per heavy atom. The second-order valence-corrected chi connectivity index (χ2v) is 10.9. The molecule has 0 saturated carbocycles. The third kappa shape index (κ3) is 3.00. The number of carbonyl (C=O) groups is 1. The molecule has 1 aliphatic heterocycles. The van der Waals surface area contributed by atoms with Crippen LogP contribution >= 0.6 is 11.3 Å². The Hall–Kier alpha value is -2.49. The molecule has 0 radical (unpaired) electrons. The monoisotopic (exact) mass is 443 g/mol. The Morgan fingerprint density at radius 1 is 1.03 bits per heavy atom. The minimum atomic E-state index is -3.74. The van der Waals surface area contributed by atoms with Crippen LogP contribution in [0.2, 0.25) is 0 Å². The quantitative estimate of drug-likeness (QED) is 0.672. The number of aromatic amines is 1. The zero-order valence-corrected chi connectivity index (χ0v) is 18.1. The molecule has 0 spiro atoms. The molecule has 30 heavy (non-hydrogen) atoms. The van der Waals surface area contributed by atoms with E-state index in [-0.39, 0.29) is 28.1 Å². The molecule has 2 aliphatic rings. The Morgan fingerprint density at radius 3 is 2.40 bits per heavy atom. The zero-order chi connectivity index (χ0) is 21.0. The van der Waals surface area contributed by atoms with E-state index in [2.05, 4.69) is 11.1 Å². The molecule has 1 amide bonds. The average Bonchev–Trinajstić information content (AvgIpc) is 3.32. The lowest BCUT2D eigenvalue weighted by atomic mass is 9.99. The van der Waals surface area contributed by atoms with E-state index in [9.17, 15) is 18.0 Å². The molecule has 5 rings (SSSR count). The number of aryl methyl sites for hydroxylation is 3. The highest BCUT2D eigenvalue weighted by Gasteiger charge is 2.33. The predicted molar refractivity (Wildman–Crippen MR) is 116 cm³/mol. The number of sulfonamides is 1. The molecule has 1 fully saturated rings. The Bertz CT molecular complexity index is 1320. The number of hydrogen-bond donors (Lipinski definition) is 1. The predicted octanol–water partition coefficient (Wildman–Crippen LogP) is 2.14. The lowest BCUT2D eigenvalue weighted by molar-refractivity contribution is 0.0700. The fraction of sp³-hybridized carbons (Fsp3) is 0.333. The van der Waals surface area contributed by atoms with Gasteiger partial charge >= 0.3 is 4.87 Å². The van der Waals surface area contributed by atoms with E-state index in [1.807, 2.05) is 24.3 Å². The first-order valence-corrected chi connectivity index (χ1v) is 12.1. The lowest BCUT2D eigenvalue weighted by Crippen LogP contribution is -2.50. The minimum absolute atomic E-state index is 0.0554. The van der Waals surface area contributed by atoms with Gasteiger partial charge in [-0.2, -0.15) is 4.31 Å². The van der Waals surface area contributed by atoms with E-state index in [0.717, 1.165) is 18.2 Å². The first-order chi connectivity index (χ1) is 14.4. The van der Waals surface area contributed by atoms with Crippen molar-refractivity contribution in [2.75, 3.05) is 26.2 Å². The van der Waals surface area contributed by atoms with Crippen LogP contribution in [-0.4, -0.2) is 54.7 Å². The summed E-state index contributed by atoms with van der Waals surface area (Å²) in [6.07, 6.45) is 2.01. The Labute approximate surface area is 178 Å². The normalized spacial score (nSPS) is 17.0. The van der Waals surface area contributed by atoms with Gasteiger partial charge in [-0.3, -0.25) is 9.59 Å². The number of rotatable bonds is 3. The van der Waals surface area contributed by atoms with Crippen LogP contribution in [-0.2, 0) is 22.9 Å². The molecule has 0 unspecified atom stereocenters. The molecule has 7 nitrogen and oxygen atoms in total. The highest BCUT2D eigenvalue weighted by atomic mass is 32.2. The number of benzene rings is 2. The van der Waals surface area contributed by atoms with Crippen molar-refractivity contribution in [1.82, 2.24) is 14.2 Å². The number of carbonyl (C=O) groups excluding carboxylic acids is 1. The number of nitrogens with one attached hydrogen (secondary N) is 1. The third-order valence-electron chi connectivity index (χ3n) is 5.99. The van der Waals surface area contributed by atoms with Crippen molar-refractivity contribution in [3.05, 3.63) is 62.4 Å². The topological polar surface area (TPSA) is 90.5 Å². The molecule has 1 aliphatic carbocycles. The second-order valence-electron chi connectivity index (χ2n) is 7.74. The number of nitrogens with zero attached hydrogens (tertiary/aromatic N) is 2. The molecule has 2 heterocycles. The van der Waals surface area contributed by atoms with Crippen LogP contribution in [0.15, 0.2) is 39.3 Å². The van der Waals surface area contributed by atoms with Crippen molar-refractivity contribution in [3.63, 3.8) is 0 Å². The molecular weight excluding hydrogens is 422 g/mol. The van der Waals surface area contributed by atoms with Crippen LogP contribution in [0, 0.1) is 6.92 Å². The van der Waals surface area contributed by atoms with Crippen LogP contribution in [0.25, 0.3) is 10.8 Å². The van der Waals surface area contributed by atoms with Gasteiger partial charge in [0.25, 0.3) is 15.9 Å². The summed E-state index contributed by atoms with van der Waals surface area (Å²) in [6.45, 7) is 2.64. The van der Waals surface area contributed by atoms with Gasteiger partial charge in [-0.25, -0.2) is 8.42 Å². The maximum absolute atomic E-state index is 13.3. The molecule has 0 bridgehead atoms. The largest absolute Gasteiger partial charge is 0.336 e. The second kappa shape index (κ2) is 7.04. The standard InChI is InChI=1S/C21H21N3O4S2/c1-13-20(29-21(26)22-13)30(27,28)24-11-9-23(10-12-24)19(25)17-8-7-15-6-5-14-3-2-4-16(17)18(14)15/h2-4,7-8H,5-6,9-12H2,1H3,(H,22,26). The first kappa shape index (κ1) is 19.5. The highest BCUT2D eigenvalue weighted by molar-refractivity contribution is 7.91. The van der Waals surface area contributed by atoms with Gasteiger partial charge in [-0.15, -0.1) is 0 Å². The van der Waals surface area contributed by atoms with Crippen molar-refractivity contribution in [2.45, 2.75) is 24.0 Å².